The van der Waals surface area contributed by atoms with E-state index in [1.165, 1.54) is 0 Å². The van der Waals surface area contributed by atoms with Crippen LogP contribution >= 0.6 is 0 Å². The molecular weight excluding hydrogens is 446 g/mol. The number of carbonyl (C=O) groups is 2. The Morgan fingerprint density at radius 2 is 1.49 bits per heavy atom. The molecule has 3 aromatic rings. The lowest BCUT2D eigenvalue weighted by molar-refractivity contribution is -0.150. The van der Waals surface area contributed by atoms with E-state index < -0.39 is 12.1 Å². The molecule has 3 aromatic carbocycles. The van der Waals surface area contributed by atoms with E-state index in [2.05, 4.69) is 5.32 Å². The van der Waals surface area contributed by atoms with Gasteiger partial charge in [0, 0.05) is 19.6 Å². The van der Waals surface area contributed by atoms with Gasteiger partial charge in [0.1, 0.15) is 17.2 Å². The molecule has 0 aromatic heterocycles. The van der Waals surface area contributed by atoms with Crippen molar-refractivity contribution in [1.82, 2.24) is 5.32 Å². The van der Waals surface area contributed by atoms with Crippen LogP contribution in [0, 0.1) is 0 Å². The number of benzene rings is 3. The molecule has 0 radical (unpaired) electrons. The maximum absolute atomic E-state index is 12.1. The molecule has 7 heteroatoms. The van der Waals surface area contributed by atoms with E-state index in [-0.39, 0.29) is 25.4 Å². The average Bonchev–Trinajstić information content (AvgIpc) is 2.86. The summed E-state index contributed by atoms with van der Waals surface area (Å²) in [6.45, 7) is 2.91. The second-order valence-electron chi connectivity index (χ2n) is 7.89. The number of hydrogen-bond acceptors (Lipinski definition) is 5. The lowest BCUT2D eigenvalue weighted by Crippen LogP contribution is -2.27. The molecule has 0 aliphatic heterocycles. The van der Waals surface area contributed by atoms with E-state index in [1.54, 1.807) is 31.2 Å². The Bertz CT molecular complexity index is 1050. The maximum atomic E-state index is 12.1. The van der Waals surface area contributed by atoms with Crippen LogP contribution in [0.25, 0.3) is 0 Å². The number of carboxylic acids is 1. The molecule has 0 fully saturated rings. The van der Waals surface area contributed by atoms with Crippen molar-refractivity contribution in [2.45, 2.75) is 32.3 Å². The van der Waals surface area contributed by atoms with Gasteiger partial charge in [0.25, 0.3) is 0 Å². The number of rotatable bonds is 14. The second-order valence-corrected chi connectivity index (χ2v) is 7.89. The summed E-state index contributed by atoms with van der Waals surface area (Å²) in [6, 6.07) is 24.6. The van der Waals surface area contributed by atoms with Gasteiger partial charge < -0.3 is 24.6 Å². The van der Waals surface area contributed by atoms with Gasteiger partial charge in [0.2, 0.25) is 5.91 Å². The largest absolute Gasteiger partial charge is 0.493 e. The summed E-state index contributed by atoms with van der Waals surface area (Å²) < 4.78 is 16.7. The van der Waals surface area contributed by atoms with Gasteiger partial charge in [-0.05, 0) is 60.9 Å². The molecular formula is C28H31NO6. The highest BCUT2D eigenvalue weighted by Crippen LogP contribution is 2.21. The number of para-hydroxylation sites is 1. The molecule has 1 atom stereocenters. The Morgan fingerprint density at radius 1 is 0.857 bits per heavy atom. The first-order chi connectivity index (χ1) is 17.0. The molecule has 0 saturated carbocycles. The molecule has 0 spiro atoms. The van der Waals surface area contributed by atoms with Crippen molar-refractivity contribution in [2.24, 2.45) is 0 Å². The first kappa shape index (κ1) is 25.8. The van der Waals surface area contributed by atoms with E-state index in [0.717, 1.165) is 29.0 Å². The van der Waals surface area contributed by atoms with Gasteiger partial charge in [-0.25, -0.2) is 4.79 Å². The summed E-state index contributed by atoms with van der Waals surface area (Å²) in [5.41, 5.74) is 1.95. The summed E-state index contributed by atoms with van der Waals surface area (Å²) in [4.78, 5) is 23.3. The van der Waals surface area contributed by atoms with Crippen LogP contribution in [0.2, 0.25) is 0 Å². The van der Waals surface area contributed by atoms with Gasteiger partial charge in [0.05, 0.1) is 13.0 Å². The monoisotopic (exact) mass is 477 g/mol. The number of ether oxygens (including phenoxy) is 3. The van der Waals surface area contributed by atoms with E-state index >= 15 is 0 Å². The van der Waals surface area contributed by atoms with Crippen LogP contribution in [0.4, 0.5) is 0 Å². The normalized spacial score (nSPS) is 11.5. The second kappa shape index (κ2) is 13.8. The molecule has 0 bridgehead atoms. The van der Waals surface area contributed by atoms with Crippen LogP contribution in [0.3, 0.4) is 0 Å². The van der Waals surface area contributed by atoms with Crippen molar-refractivity contribution in [3.63, 3.8) is 0 Å². The van der Waals surface area contributed by atoms with Gasteiger partial charge in [-0.1, -0.05) is 42.5 Å². The third-order valence-electron chi connectivity index (χ3n) is 5.22. The van der Waals surface area contributed by atoms with Crippen LogP contribution in [-0.2, 0) is 27.2 Å². The summed E-state index contributed by atoms with van der Waals surface area (Å²) in [5.74, 6) is 1.13. The minimum Gasteiger partial charge on any atom is -0.493 e. The fourth-order valence-electron chi connectivity index (χ4n) is 3.40. The fraction of sp³-hybridized carbons (Fsp3) is 0.286. The van der Waals surface area contributed by atoms with Crippen LogP contribution in [0.1, 0.15) is 24.5 Å². The Hall–Kier alpha value is -3.84. The SMILES string of the molecule is CCOC(Cc1ccc(OCCC(=O)NCCc2ccc(Oc3ccccc3)cc2)cc1)C(=O)O. The third kappa shape index (κ3) is 9.14. The van der Waals surface area contributed by atoms with E-state index in [1.807, 2.05) is 54.6 Å². The van der Waals surface area contributed by atoms with E-state index in [9.17, 15) is 14.7 Å². The van der Waals surface area contributed by atoms with Crippen LogP contribution in [0.5, 0.6) is 17.2 Å². The summed E-state index contributed by atoms with van der Waals surface area (Å²) in [5, 5.41) is 12.1. The zero-order chi connectivity index (χ0) is 24.9. The molecule has 0 aliphatic carbocycles. The zero-order valence-electron chi connectivity index (χ0n) is 19.8. The first-order valence-electron chi connectivity index (χ1n) is 11.7. The summed E-state index contributed by atoms with van der Waals surface area (Å²) in [6.07, 6.45) is 0.390. The number of hydrogen-bond donors (Lipinski definition) is 2. The minimum atomic E-state index is -0.979. The van der Waals surface area contributed by atoms with Crippen LogP contribution in [-0.4, -0.2) is 42.8 Å². The highest BCUT2D eigenvalue weighted by atomic mass is 16.5. The van der Waals surface area contributed by atoms with Crippen molar-refractivity contribution in [3.8, 4) is 17.2 Å². The average molecular weight is 478 g/mol. The molecule has 3 rings (SSSR count). The molecule has 1 unspecified atom stereocenters. The van der Waals surface area contributed by atoms with Gasteiger partial charge in [-0.2, -0.15) is 0 Å². The number of carbonyl (C=O) groups excluding carboxylic acids is 1. The number of amides is 1. The molecule has 35 heavy (non-hydrogen) atoms. The Labute approximate surface area is 205 Å². The van der Waals surface area contributed by atoms with Gasteiger partial charge in [-0.15, -0.1) is 0 Å². The minimum absolute atomic E-state index is 0.0772. The molecule has 0 saturated heterocycles. The lowest BCUT2D eigenvalue weighted by Gasteiger charge is -2.13. The van der Waals surface area contributed by atoms with Gasteiger partial charge in [-0.3, -0.25) is 4.79 Å². The standard InChI is InChI=1S/C28H31NO6/c1-2-33-26(28(31)32)20-22-10-12-23(13-11-22)34-19-17-27(30)29-18-16-21-8-14-25(15-9-21)35-24-6-4-3-5-7-24/h3-15,26H,2,16-20H2,1H3,(H,29,30)(H,31,32). The molecule has 0 heterocycles. The lowest BCUT2D eigenvalue weighted by atomic mass is 10.1. The Kier molecular flexibility index (Phi) is 10.1. The van der Waals surface area contributed by atoms with Crippen molar-refractivity contribution >= 4 is 11.9 Å². The van der Waals surface area contributed by atoms with Crippen molar-refractivity contribution in [1.29, 1.82) is 0 Å². The highest BCUT2D eigenvalue weighted by molar-refractivity contribution is 5.76. The smallest absolute Gasteiger partial charge is 0.333 e. The maximum Gasteiger partial charge on any atom is 0.333 e. The topological polar surface area (TPSA) is 94.1 Å². The zero-order valence-corrected chi connectivity index (χ0v) is 19.8. The summed E-state index contributed by atoms with van der Waals surface area (Å²) >= 11 is 0. The highest BCUT2D eigenvalue weighted by Gasteiger charge is 2.17. The van der Waals surface area contributed by atoms with Crippen LogP contribution < -0.4 is 14.8 Å². The van der Waals surface area contributed by atoms with Crippen molar-refractivity contribution in [2.75, 3.05) is 19.8 Å². The quantitative estimate of drug-likeness (QED) is 0.351. The van der Waals surface area contributed by atoms with E-state index in [0.29, 0.717) is 18.9 Å². The predicted molar refractivity (Wildman–Crippen MR) is 133 cm³/mol. The molecule has 1 amide bonds. The third-order valence-corrected chi connectivity index (χ3v) is 5.22. The fourth-order valence-corrected chi connectivity index (χ4v) is 3.40. The molecule has 184 valence electrons. The molecule has 0 aliphatic rings. The van der Waals surface area contributed by atoms with Crippen molar-refractivity contribution < 1.29 is 28.9 Å². The van der Waals surface area contributed by atoms with Crippen LogP contribution in [0.15, 0.2) is 78.9 Å². The van der Waals surface area contributed by atoms with Crippen molar-refractivity contribution in [3.05, 3.63) is 90.0 Å². The van der Waals surface area contributed by atoms with Gasteiger partial charge >= 0.3 is 5.97 Å². The Morgan fingerprint density at radius 3 is 2.14 bits per heavy atom. The van der Waals surface area contributed by atoms with E-state index in [4.69, 9.17) is 14.2 Å². The molecule has 2 N–H and O–H groups in total. The predicted octanol–water partition coefficient (Wildman–Crippen LogP) is 4.64. The Balaban J connectivity index is 1.32. The first-order valence-corrected chi connectivity index (χ1v) is 11.7. The van der Waals surface area contributed by atoms with Gasteiger partial charge in [0.15, 0.2) is 6.10 Å². The number of carboxylic acid groups (broad SMARTS) is 1. The number of nitrogens with one attached hydrogen (secondary N) is 1. The molecule has 7 nitrogen and oxygen atoms in total. The summed E-state index contributed by atoms with van der Waals surface area (Å²) in [7, 11) is 0. The number of aliphatic carboxylic acids is 1.